The second-order valence-electron chi connectivity index (χ2n) is 8.58. The topological polar surface area (TPSA) is 163 Å². The lowest BCUT2D eigenvalue weighted by Crippen LogP contribution is -2.40. The van der Waals surface area contributed by atoms with Crippen LogP contribution in [0.25, 0.3) is 0 Å². The van der Waals surface area contributed by atoms with Gasteiger partial charge in [-0.2, -0.15) is 0 Å². The third kappa shape index (κ3) is 9.32. The largest absolute Gasteiger partial charge is 0.406 e. The molecule has 0 spiro atoms. The number of aliphatic hydroxyl groups excluding tert-OH is 2. The molecule has 0 aromatic carbocycles. The van der Waals surface area contributed by atoms with Crippen molar-refractivity contribution in [3.8, 4) is 0 Å². The van der Waals surface area contributed by atoms with Crippen LogP contribution in [0, 0.1) is 0 Å². The molecule has 16 heteroatoms. The molecule has 37 heavy (non-hydrogen) atoms. The molecule has 3 aliphatic heterocycles. The molecule has 210 valence electrons. The van der Waals surface area contributed by atoms with Gasteiger partial charge in [-0.1, -0.05) is 12.2 Å². The Morgan fingerprint density at radius 3 is 1.95 bits per heavy atom. The number of rotatable bonds is 17. The fourth-order valence-corrected chi connectivity index (χ4v) is 6.93. The monoisotopic (exact) mass is 570 g/mol. The Balaban J connectivity index is 1.65. The van der Waals surface area contributed by atoms with E-state index in [2.05, 4.69) is 23.3 Å². The Kier molecular flexibility index (Phi) is 11.2. The summed E-state index contributed by atoms with van der Waals surface area (Å²) in [5.41, 5.74) is 0. The quantitative estimate of drug-likeness (QED) is 0.110. The summed E-state index contributed by atoms with van der Waals surface area (Å²) >= 11 is 0. The number of hydrogen-bond acceptors (Lipinski definition) is 11. The Bertz CT molecular complexity index is 912. The smallest absolute Gasteiger partial charge is 0.394 e. The number of nitrogens with one attached hydrogen (secondary N) is 2. The highest BCUT2D eigenvalue weighted by Gasteiger charge is 2.41. The molecular weight excluding hydrogens is 529 g/mol. The predicted octanol–water partition coefficient (Wildman–Crippen LogP) is 0.772. The zero-order chi connectivity index (χ0) is 28.6. The molecule has 3 saturated heterocycles. The van der Waals surface area contributed by atoms with Crippen LogP contribution in [-0.2, 0) is 41.4 Å². The van der Waals surface area contributed by atoms with Crippen molar-refractivity contribution in [1.29, 1.82) is 0 Å². The van der Waals surface area contributed by atoms with Crippen LogP contribution < -0.4 is 10.2 Å². The van der Waals surface area contributed by atoms with Crippen LogP contribution in [0.4, 0.5) is 0 Å². The summed E-state index contributed by atoms with van der Waals surface area (Å²) in [5, 5.41) is 25.1. The summed E-state index contributed by atoms with van der Waals surface area (Å²) in [4.78, 5) is 0. The van der Waals surface area contributed by atoms with Crippen LogP contribution in [0.3, 0.4) is 0 Å². The van der Waals surface area contributed by atoms with Gasteiger partial charge in [0.2, 0.25) is 0 Å². The number of ether oxygens (including phenoxy) is 3. The lowest BCUT2D eigenvalue weighted by Gasteiger charge is -2.28. The van der Waals surface area contributed by atoms with E-state index in [1.54, 1.807) is 0 Å². The minimum Gasteiger partial charge on any atom is -0.394 e. The maximum atomic E-state index is 13.5. The molecule has 3 aliphatic rings. The second-order valence-corrected chi connectivity index (χ2v) is 12.1. The summed E-state index contributed by atoms with van der Waals surface area (Å²) in [6.45, 7) is 3.85. The molecular formula is C21H37BN2O11P2. The standard InChI is InChI=1S/C21H37BN2O11P2/c1-3-7-31-36(27,23-15-5-9-29-18(15)12-25)33-13-19-16(6-10-30-19)24-37(28,32-8-4-2)34-14-20-17(26)11-21(22)35-20/h3-4,15-21,25-26H,1-2,5-14H2,(H,23,27)(H,24,28)/t15-,16-,17-,18-,19-,20-,21-,36?,37?/m1/s1/i9T,10T/t9-,10-,15+,16+,17+,18+,19+,20+,21+,36?,37?/m0. The van der Waals surface area contributed by atoms with Gasteiger partial charge in [0.25, 0.3) is 0 Å². The molecule has 3 rings (SSSR count). The highest BCUT2D eigenvalue weighted by Crippen LogP contribution is 2.48. The second kappa shape index (κ2) is 14.8. The lowest BCUT2D eigenvalue weighted by atomic mass is 9.96. The first-order valence-electron chi connectivity index (χ1n) is 13.1. The van der Waals surface area contributed by atoms with E-state index in [4.69, 9.17) is 42.9 Å². The highest BCUT2D eigenvalue weighted by molar-refractivity contribution is 7.52. The van der Waals surface area contributed by atoms with Gasteiger partial charge in [0.1, 0.15) is 14.0 Å². The number of aliphatic hydroxyl groups is 2. The van der Waals surface area contributed by atoms with Gasteiger partial charge in [0.15, 0.2) is 0 Å². The Labute approximate surface area is 221 Å². The van der Waals surface area contributed by atoms with Gasteiger partial charge in [-0.15, -0.1) is 13.2 Å². The molecule has 0 aliphatic carbocycles. The lowest BCUT2D eigenvalue weighted by molar-refractivity contribution is -0.00263. The Morgan fingerprint density at radius 1 is 0.946 bits per heavy atom. The van der Waals surface area contributed by atoms with Crippen molar-refractivity contribution in [1.82, 2.24) is 10.2 Å². The summed E-state index contributed by atoms with van der Waals surface area (Å²) in [6.07, 6.45) is -0.256. The summed E-state index contributed by atoms with van der Waals surface area (Å²) in [5.74, 6) is 0. The van der Waals surface area contributed by atoms with E-state index >= 15 is 0 Å². The van der Waals surface area contributed by atoms with E-state index in [0.717, 1.165) is 0 Å². The average molecular weight is 570 g/mol. The van der Waals surface area contributed by atoms with Gasteiger partial charge in [-0.05, 0) is 19.3 Å². The van der Waals surface area contributed by atoms with Gasteiger partial charge >= 0.3 is 15.5 Å². The first kappa shape index (κ1) is 28.1. The summed E-state index contributed by atoms with van der Waals surface area (Å²) in [6, 6.07) is -2.14. The fraction of sp³-hybridized carbons (Fsp3) is 0.810. The van der Waals surface area contributed by atoms with E-state index < -0.39 is 77.8 Å². The third-order valence-electron chi connectivity index (χ3n) is 5.76. The molecule has 0 amide bonds. The molecule has 13 nitrogen and oxygen atoms in total. The zero-order valence-corrected chi connectivity index (χ0v) is 22.3. The van der Waals surface area contributed by atoms with Crippen LogP contribution >= 0.6 is 15.5 Å². The molecule has 2 unspecified atom stereocenters. The minimum atomic E-state index is -4.04. The van der Waals surface area contributed by atoms with Crippen molar-refractivity contribution in [3.63, 3.8) is 0 Å². The van der Waals surface area contributed by atoms with Crippen LogP contribution in [0.5, 0.6) is 0 Å². The third-order valence-corrected chi connectivity index (χ3v) is 9.01. The fourth-order valence-electron chi connectivity index (χ4n) is 3.84. The Morgan fingerprint density at radius 2 is 1.46 bits per heavy atom. The van der Waals surface area contributed by atoms with Crippen molar-refractivity contribution in [3.05, 3.63) is 25.3 Å². The molecule has 3 fully saturated rings. The SMILES string of the molecule is [3H][C@H]1C[C@@H](NP(=O)(OCC=C)OC[C@H]2O[C@@H]([3H])C[C@H]2NP(=O)(OCC=C)OC[C@H]2O[C@@H]([B])C[C@H]2O)[C@@H](CO)O1. The van der Waals surface area contributed by atoms with E-state index in [1.165, 1.54) is 12.2 Å². The summed E-state index contributed by atoms with van der Waals surface area (Å²) in [7, 11) is -2.39. The van der Waals surface area contributed by atoms with Crippen LogP contribution in [0.2, 0.25) is 0 Å². The first-order chi connectivity index (χ1) is 18.5. The minimum absolute atomic E-state index is 0.0705. The van der Waals surface area contributed by atoms with Crippen molar-refractivity contribution in [2.75, 3.05) is 46.2 Å². The Hall–Kier alpha value is -0.435. The first-order valence-corrected chi connectivity index (χ1v) is 15.0. The van der Waals surface area contributed by atoms with E-state index in [9.17, 15) is 19.3 Å². The van der Waals surface area contributed by atoms with Crippen molar-refractivity contribution >= 4 is 23.3 Å². The van der Waals surface area contributed by atoms with Gasteiger partial charge in [-0.25, -0.2) is 19.3 Å². The highest BCUT2D eigenvalue weighted by atomic mass is 31.2. The van der Waals surface area contributed by atoms with Gasteiger partial charge < -0.3 is 24.4 Å². The molecule has 0 bridgehead atoms. The maximum Gasteiger partial charge on any atom is 0.406 e. The van der Waals surface area contributed by atoms with Crippen LogP contribution in [0.15, 0.2) is 25.3 Å². The maximum absolute atomic E-state index is 13.5. The molecule has 2 radical (unpaired) electrons. The van der Waals surface area contributed by atoms with Crippen molar-refractivity contribution < 1.29 is 54.4 Å². The molecule has 0 saturated carbocycles. The normalized spacial score (nSPS) is 40.0. The molecule has 0 aromatic rings. The molecule has 0 aromatic heterocycles. The summed E-state index contributed by atoms with van der Waals surface area (Å²) < 4.78 is 81.0. The van der Waals surface area contributed by atoms with Crippen molar-refractivity contribution in [2.24, 2.45) is 0 Å². The van der Waals surface area contributed by atoms with Gasteiger partial charge in [-0.3, -0.25) is 18.1 Å². The zero-order valence-electron chi connectivity index (χ0n) is 22.5. The number of hydrogen-bond donors (Lipinski definition) is 4. The van der Waals surface area contributed by atoms with E-state index in [-0.39, 0.29) is 45.7 Å². The van der Waals surface area contributed by atoms with Crippen molar-refractivity contribution in [2.45, 2.75) is 61.8 Å². The van der Waals surface area contributed by atoms with E-state index in [0.29, 0.717) is 0 Å². The van der Waals surface area contributed by atoms with Crippen LogP contribution in [-0.4, -0.2) is 107 Å². The molecule has 11 atom stereocenters. The average Bonchev–Trinajstić information content (AvgIpc) is 3.53. The molecule has 3 heterocycles. The van der Waals surface area contributed by atoms with Gasteiger partial charge in [0.05, 0.1) is 54.1 Å². The molecule has 4 N–H and O–H groups in total. The van der Waals surface area contributed by atoms with Crippen LogP contribution in [0.1, 0.15) is 22.0 Å². The van der Waals surface area contributed by atoms with Gasteiger partial charge in [0, 0.05) is 31.3 Å². The van der Waals surface area contributed by atoms with E-state index in [1.807, 2.05) is 0 Å². The predicted molar refractivity (Wildman–Crippen MR) is 134 cm³/mol.